The van der Waals surface area contributed by atoms with E-state index in [9.17, 15) is 4.79 Å². The molecule has 0 saturated heterocycles. The maximum Gasteiger partial charge on any atom is 0.160 e. The molecule has 0 bridgehead atoms. The lowest BCUT2D eigenvalue weighted by Crippen LogP contribution is -2.43. The molecule has 0 aromatic carbocycles. The second-order valence-corrected chi connectivity index (χ2v) is 6.92. The first kappa shape index (κ1) is 15.5. The van der Waals surface area contributed by atoms with Crippen molar-refractivity contribution >= 4 is 5.78 Å². The average molecular weight is 278 g/mol. The molecule has 112 valence electrons. The van der Waals surface area contributed by atoms with Crippen molar-refractivity contribution in [1.29, 1.82) is 0 Å². The minimum atomic E-state index is -0.342. The number of ether oxygens (including phenoxy) is 2. The highest BCUT2D eigenvalue weighted by molar-refractivity contribution is 5.96. The van der Waals surface area contributed by atoms with E-state index in [1.165, 1.54) is 0 Å². The van der Waals surface area contributed by atoms with E-state index in [0.29, 0.717) is 18.8 Å². The summed E-state index contributed by atoms with van der Waals surface area (Å²) in [4.78, 5) is 12.4. The maximum absolute atomic E-state index is 12.4. The van der Waals surface area contributed by atoms with Crippen molar-refractivity contribution in [2.75, 3.05) is 14.2 Å². The molecule has 0 radical (unpaired) electrons. The van der Waals surface area contributed by atoms with E-state index in [1.54, 1.807) is 14.2 Å². The number of rotatable bonds is 4. The minimum absolute atomic E-state index is 0.0307. The predicted molar refractivity (Wildman–Crippen MR) is 79.3 cm³/mol. The van der Waals surface area contributed by atoms with Crippen molar-refractivity contribution in [1.82, 2.24) is 0 Å². The highest BCUT2D eigenvalue weighted by Gasteiger charge is 2.46. The Kier molecular flexibility index (Phi) is 4.22. The Labute approximate surface area is 122 Å². The Morgan fingerprint density at radius 3 is 2.55 bits per heavy atom. The summed E-state index contributed by atoms with van der Waals surface area (Å²) in [6.07, 6.45) is 8.52. The van der Waals surface area contributed by atoms with Crippen LogP contribution in [0.1, 0.15) is 40.0 Å². The van der Waals surface area contributed by atoms with Crippen LogP contribution in [0, 0.1) is 16.7 Å². The van der Waals surface area contributed by atoms with Gasteiger partial charge in [-0.05, 0) is 23.3 Å². The number of carbonyl (C=O) groups excluding carboxylic acids is 1. The molecule has 2 atom stereocenters. The molecule has 0 aromatic heterocycles. The molecule has 3 heteroatoms. The molecular weight excluding hydrogens is 252 g/mol. The number of allylic oxidation sites excluding steroid dienone is 3. The van der Waals surface area contributed by atoms with E-state index in [1.807, 2.05) is 0 Å². The number of methoxy groups -OCH3 is 2. The van der Waals surface area contributed by atoms with E-state index >= 15 is 0 Å². The Hall–Kier alpha value is -0.930. The first-order valence-corrected chi connectivity index (χ1v) is 7.30. The second-order valence-electron chi connectivity index (χ2n) is 6.92. The first-order chi connectivity index (χ1) is 9.32. The van der Waals surface area contributed by atoms with Crippen LogP contribution < -0.4 is 0 Å². The van der Waals surface area contributed by atoms with Gasteiger partial charge in [0.2, 0.25) is 0 Å². The summed E-state index contributed by atoms with van der Waals surface area (Å²) in [7, 11) is 3.21. The number of hydrogen-bond acceptors (Lipinski definition) is 3. The van der Waals surface area contributed by atoms with Gasteiger partial charge in [-0.25, -0.2) is 0 Å². The number of hydrogen-bond donors (Lipinski definition) is 0. The van der Waals surface area contributed by atoms with Crippen molar-refractivity contribution in [3.8, 4) is 0 Å². The lowest BCUT2D eigenvalue weighted by Gasteiger charge is -2.48. The van der Waals surface area contributed by atoms with Crippen LogP contribution in [-0.4, -0.2) is 26.3 Å². The zero-order valence-corrected chi connectivity index (χ0v) is 13.2. The molecule has 3 nitrogen and oxygen atoms in total. The van der Waals surface area contributed by atoms with Crippen LogP contribution in [0.4, 0.5) is 0 Å². The fourth-order valence-electron chi connectivity index (χ4n) is 3.75. The van der Waals surface area contributed by atoms with Crippen molar-refractivity contribution in [2.24, 2.45) is 16.7 Å². The van der Waals surface area contributed by atoms with Gasteiger partial charge >= 0.3 is 0 Å². The fourth-order valence-corrected chi connectivity index (χ4v) is 3.75. The van der Waals surface area contributed by atoms with Gasteiger partial charge in [-0.2, -0.15) is 0 Å². The SMILES string of the molecule is COC(CC1=C[C@@]2(C)C=CCC(C)(C)[C@H]2CC1=O)OC. The van der Waals surface area contributed by atoms with Gasteiger partial charge in [0, 0.05) is 32.5 Å². The van der Waals surface area contributed by atoms with Gasteiger partial charge in [-0.1, -0.05) is 39.0 Å². The van der Waals surface area contributed by atoms with Gasteiger partial charge in [-0.15, -0.1) is 0 Å². The van der Waals surface area contributed by atoms with Crippen molar-refractivity contribution in [2.45, 2.75) is 46.3 Å². The van der Waals surface area contributed by atoms with Gasteiger partial charge in [0.25, 0.3) is 0 Å². The third-order valence-electron chi connectivity index (χ3n) is 4.96. The van der Waals surface area contributed by atoms with Gasteiger partial charge in [0.1, 0.15) is 0 Å². The highest BCUT2D eigenvalue weighted by Crippen LogP contribution is 2.53. The van der Waals surface area contributed by atoms with Gasteiger partial charge in [0.15, 0.2) is 12.1 Å². The molecule has 0 saturated carbocycles. The van der Waals surface area contributed by atoms with Crippen LogP contribution in [0.3, 0.4) is 0 Å². The number of ketones is 1. The summed E-state index contributed by atoms with van der Waals surface area (Å²) in [6, 6.07) is 0. The Balaban J connectivity index is 2.31. The molecule has 2 aliphatic rings. The lowest BCUT2D eigenvalue weighted by atomic mass is 9.55. The van der Waals surface area contributed by atoms with Crippen molar-refractivity contribution < 1.29 is 14.3 Å². The predicted octanol–water partition coefficient (Wildman–Crippen LogP) is 3.50. The van der Waals surface area contributed by atoms with Crippen LogP contribution in [0.5, 0.6) is 0 Å². The summed E-state index contributed by atoms with van der Waals surface area (Å²) in [5.74, 6) is 0.620. The molecule has 0 heterocycles. The molecule has 0 spiro atoms. The van der Waals surface area contributed by atoms with Crippen molar-refractivity contribution in [3.63, 3.8) is 0 Å². The Morgan fingerprint density at radius 2 is 1.95 bits per heavy atom. The number of carbonyl (C=O) groups is 1. The number of fused-ring (bicyclic) bond motifs is 1. The lowest BCUT2D eigenvalue weighted by molar-refractivity contribution is -0.124. The van der Waals surface area contributed by atoms with Crippen LogP contribution in [0.15, 0.2) is 23.8 Å². The van der Waals surface area contributed by atoms with Crippen LogP contribution in [0.2, 0.25) is 0 Å². The third kappa shape index (κ3) is 2.75. The molecule has 2 rings (SSSR count). The molecule has 0 fully saturated rings. The molecule has 20 heavy (non-hydrogen) atoms. The third-order valence-corrected chi connectivity index (χ3v) is 4.96. The summed E-state index contributed by atoms with van der Waals surface area (Å²) in [6.45, 7) is 6.76. The second kappa shape index (κ2) is 5.45. The maximum atomic E-state index is 12.4. The normalized spacial score (nSPS) is 32.2. The van der Waals surface area contributed by atoms with E-state index in [4.69, 9.17) is 9.47 Å². The Bertz CT molecular complexity index is 443. The molecule has 2 aliphatic carbocycles. The summed E-state index contributed by atoms with van der Waals surface area (Å²) in [5, 5.41) is 0. The standard InChI is InChI=1S/C17H26O3/c1-16(2)7-6-8-17(3)11-12(9-15(19-4)20-5)13(18)10-14(16)17/h6,8,11,14-15H,7,9-10H2,1-5H3/t14-,17-/m1/s1. The molecular formula is C17H26O3. The fraction of sp³-hybridized carbons (Fsp3) is 0.706. The topological polar surface area (TPSA) is 35.5 Å². The van der Waals surface area contributed by atoms with Crippen LogP contribution >= 0.6 is 0 Å². The Morgan fingerprint density at radius 1 is 1.30 bits per heavy atom. The van der Waals surface area contributed by atoms with Crippen molar-refractivity contribution in [3.05, 3.63) is 23.8 Å². The zero-order valence-electron chi connectivity index (χ0n) is 13.2. The number of Topliss-reactive ketones (excluding diaryl/α,β-unsaturated/α-hetero) is 1. The summed E-state index contributed by atoms with van der Waals surface area (Å²) < 4.78 is 10.5. The largest absolute Gasteiger partial charge is 0.356 e. The van der Waals surface area contributed by atoms with Crippen LogP contribution in [-0.2, 0) is 14.3 Å². The van der Waals surface area contributed by atoms with Gasteiger partial charge in [0.05, 0.1) is 0 Å². The molecule has 0 N–H and O–H groups in total. The van der Waals surface area contributed by atoms with Gasteiger partial charge in [-0.3, -0.25) is 4.79 Å². The summed E-state index contributed by atoms with van der Waals surface area (Å²) in [5.41, 5.74) is 0.986. The van der Waals surface area contributed by atoms with E-state index in [2.05, 4.69) is 39.0 Å². The van der Waals surface area contributed by atoms with E-state index in [-0.39, 0.29) is 22.9 Å². The van der Waals surface area contributed by atoms with E-state index < -0.39 is 0 Å². The zero-order chi connectivity index (χ0) is 15.0. The highest BCUT2D eigenvalue weighted by atomic mass is 16.7. The minimum Gasteiger partial charge on any atom is -0.356 e. The molecule has 0 aromatic rings. The average Bonchev–Trinajstić information content (AvgIpc) is 2.38. The summed E-state index contributed by atoms with van der Waals surface area (Å²) >= 11 is 0. The quantitative estimate of drug-likeness (QED) is 0.583. The molecule has 0 amide bonds. The monoisotopic (exact) mass is 278 g/mol. The smallest absolute Gasteiger partial charge is 0.160 e. The van der Waals surface area contributed by atoms with E-state index in [0.717, 1.165) is 12.0 Å². The van der Waals surface area contributed by atoms with Gasteiger partial charge < -0.3 is 9.47 Å². The van der Waals surface area contributed by atoms with Crippen LogP contribution in [0.25, 0.3) is 0 Å². The molecule has 0 aliphatic heterocycles. The molecule has 0 unspecified atom stereocenters. The first-order valence-electron chi connectivity index (χ1n) is 7.30.